The van der Waals surface area contributed by atoms with Gasteiger partial charge in [-0.1, -0.05) is 26.7 Å². The molecular formula is C10H16N2O2. The number of hydrogen-bond acceptors (Lipinski definition) is 2. The highest BCUT2D eigenvalue weighted by molar-refractivity contribution is 5.16. The van der Waals surface area contributed by atoms with Crippen LogP contribution in [0, 0.1) is 0 Å². The highest BCUT2D eigenvalue weighted by Gasteiger charge is 2.06. The van der Waals surface area contributed by atoms with E-state index >= 15 is 0 Å². The Morgan fingerprint density at radius 3 is 2.21 bits per heavy atom. The van der Waals surface area contributed by atoms with Crippen molar-refractivity contribution in [3.05, 3.63) is 32.1 Å². The molecule has 0 bridgehead atoms. The molecule has 2 N–H and O–H groups in total. The van der Waals surface area contributed by atoms with Gasteiger partial charge in [0.2, 0.25) is 0 Å². The van der Waals surface area contributed by atoms with Crippen LogP contribution in [0.2, 0.25) is 0 Å². The maximum absolute atomic E-state index is 11.5. The zero-order chi connectivity index (χ0) is 10.6. The van der Waals surface area contributed by atoms with Crippen LogP contribution in [-0.2, 0) is 12.8 Å². The molecule has 1 aromatic rings. The molecule has 14 heavy (non-hydrogen) atoms. The molecule has 0 saturated heterocycles. The van der Waals surface area contributed by atoms with Crippen molar-refractivity contribution in [3.8, 4) is 0 Å². The van der Waals surface area contributed by atoms with Crippen LogP contribution in [0.1, 0.15) is 37.9 Å². The van der Waals surface area contributed by atoms with Gasteiger partial charge in [-0.15, -0.1) is 0 Å². The van der Waals surface area contributed by atoms with Crippen molar-refractivity contribution < 1.29 is 0 Å². The summed E-state index contributed by atoms with van der Waals surface area (Å²) in [5.74, 6) is 0. The predicted octanol–water partition coefficient (Wildman–Crippen LogP) is 0.968. The van der Waals surface area contributed by atoms with Crippen LogP contribution in [0.4, 0.5) is 0 Å². The third-order valence-electron chi connectivity index (χ3n) is 2.13. The molecule has 1 aromatic heterocycles. The molecular weight excluding hydrogens is 180 g/mol. The maximum atomic E-state index is 11.5. The first-order valence-electron chi connectivity index (χ1n) is 5.03. The van der Waals surface area contributed by atoms with Gasteiger partial charge in [-0.2, -0.15) is 0 Å². The molecule has 1 heterocycles. The number of aryl methyl sites for hydroxylation is 1. The Hall–Kier alpha value is -1.32. The van der Waals surface area contributed by atoms with Crippen molar-refractivity contribution >= 4 is 0 Å². The molecule has 0 saturated carbocycles. The fourth-order valence-corrected chi connectivity index (χ4v) is 1.54. The lowest BCUT2D eigenvalue weighted by molar-refractivity contribution is 0.790. The highest BCUT2D eigenvalue weighted by atomic mass is 16.2. The van der Waals surface area contributed by atoms with E-state index in [4.69, 9.17) is 0 Å². The van der Waals surface area contributed by atoms with E-state index < -0.39 is 5.69 Å². The van der Waals surface area contributed by atoms with E-state index in [-0.39, 0.29) is 5.56 Å². The first-order chi connectivity index (χ1) is 6.69. The summed E-state index contributed by atoms with van der Waals surface area (Å²) >= 11 is 0. The van der Waals surface area contributed by atoms with Crippen LogP contribution < -0.4 is 11.2 Å². The van der Waals surface area contributed by atoms with Gasteiger partial charge in [0.25, 0.3) is 5.56 Å². The van der Waals surface area contributed by atoms with Crippen molar-refractivity contribution in [2.45, 2.75) is 39.5 Å². The van der Waals surface area contributed by atoms with Gasteiger partial charge >= 0.3 is 5.69 Å². The van der Waals surface area contributed by atoms with Gasteiger partial charge in [0.05, 0.1) is 0 Å². The Morgan fingerprint density at radius 2 is 1.64 bits per heavy atom. The van der Waals surface area contributed by atoms with E-state index in [0.29, 0.717) is 0 Å². The third-order valence-corrected chi connectivity index (χ3v) is 2.13. The predicted molar refractivity (Wildman–Crippen MR) is 55.7 cm³/mol. The Morgan fingerprint density at radius 1 is 1.00 bits per heavy atom. The molecule has 0 aromatic carbocycles. The summed E-state index contributed by atoms with van der Waals surface area (Å²) < 4.78 is 0. The second kappa shape index (κ2) is 4.79. The number of hydrogen-bond donors (Lipinski definition) is 2. The van der Waals surface area contributed by atoms with Gasteiger partial charge in [-0.25, -0.2) is 4.79 Å². The Bertz CT molecular complexity index is 403. The molecule has 78 valence electrons. The van der Waals surface area contributed by atoms with E-state index in [0.717, 1.165) is 36.9 Å². The number of aromatic amines is 2. The van der Waals surface area contributed by atoms with Gasteiger partial charge in [0.1, 0.15) is 0 Å². The van der Waals surface area contributed by atoms with E-state index in [2.05, 4.69) is 9.97 Å². The van der Waals surface area contributed by atoms with Crippen LogP contribution in [-0.4, -0.2) is 9.97 Å². The van der Waals surface area contributed by atoms with Crippen LogP contribution in [0.15, 0.2) is 9.59 Å². The van der Waals surface area contributed by atoms with Crippen LogP contribution >= 0.6 is 0 Å². The number of aromatic nitrogens is 2. The summed E-state index contributed by atoms with van der Waals surface area (Å²) in [7, 11) is 0. The number of H-pyrrole nitrogens is 2. The average molecular weight is 196 g/mol. The zero-order valence-electron chi connectivity index (χ0n) is 8.64. The second-order valence-corrected chi connectivity index (χ2v) is 3.37. The van der Waals surface area contributed by atoms with Crippen LogP contribution in [0.3, 0.4) is 0 Å². The molecule has 0 radical (unpaired) electrons. The van der Waals surface area contributed by atoms with Gasteiger partial charge in [0.15, 0.2) is 0 Å². The van der Waals surface area contributed by atoms with E-state index in [9.17, 15) is 9.59 Å². The van der Waals surface area contributed by atoms with Crippen molar-refractivity contribution in [1.29, 1.82) is 0 Å². The molecule has 0 atom stereocenters. The monoisotopic (exact) mass is 196 g/mol. The normalized spacial score (nSPS) is 10.4. The molecule has 0 spiro atoms. The summed E-state index contributed by atoms with van der Waals surface area (Å²) in [5.41, 5.74) is 0.884. The topological polar surface area (TPSA) is 65.7 Å². The molecule has 4 nitrogen and oxygen atoms in total. The fourth-order valence-electron chi connectivity index (χ4n) is 1.54. The first-order valence-corrected chi connectivity index (χ1v) is 5.03. The molecule has 0 unspecified atom stereocenters. The molecule has 0 amide bonds. The summed E-state index contributed by atoms with van der Waals surface area (Å²) in [6, 6.07) is 0. The van der Waals surface area contributed by atoms with Crippen molar-refractivity contribution in [1.82, 2.24) is 9.97 Å². The SMILES string of the molecule is CCCc1[nH]c(=O)[nH]c(=O)c1CCC. The standard InChI is InChI=1S/C10H16N2O2/c1-3-5-7-8(6-4-2)11-10(14)12-9(7)13/h3-6H2,1-2H3,(H2,11,12,13,14). The van der Waals surface area contributed by atoms with Gasteiger partial charge < -0.3 is 4.98 Å². The van der Waals surface area contributed by atoms with E-state index in [1.54, 1.807) is 0 Å². The maximum Gasteiger partial charge on any atom is 0.325 e. The second-order valence-electron chi connectivity index (χ2n) is 3.37. The minimum atomic E-state index is -0.404. The summed E-state index contributed by atoms with van der Waals surface area (Å²) in [5, 5.41) is 0. The highest BCUT2D eigenvalue weighted by Crippen LogP contribution is 2.03. The summed E-state index contributed by atoms with van der Waals surface area (Å²) in [6.45, 7) is 4.04. The lowest BCUT2D eigenvalue weighted by Gasteiger charge is -2.04. The Kier molecular flexibility index (Phi) is 3.68. The molecule has 0 fully saturated rings. The minimum absolute atomic E-state index is 0.237. The number of nitrogens with one attached hydrogen (secondary N) is 2. The largest absolute Gasteiger partial charge is 0.325 e. The average Bonchev–Trinajstić information content (AvgIpc) is 2.11. The minimum Gasteiger partial charge on any atom is -0.311 e. The quantitative estimate of drug-likeness (QED) is 0.753. The Balaban J connectivity index is 3.21. The smallest absolute Gasteiger partial charge is 0.311 e. The lowest BCUT2D eigenvalue weighted by atomic mass is 10.1. The van der Waals surface area contributed by atoms with Crippen molar-refractivity contribution in [2.75, 3.05) is 0 Å². The van der Waals surface area contributed by atoms with E-state index in [1.807, 2.05) is 13.8 Å². The van der Waals surface area contributed by atoms with Gasteiger partial charge in [-0.3, -0.25) is 9.78 Å². The van der Waals surface area contributed by atoms with Crippen LogP contribution in [0.25, 0.3) is 0 Å². The van der Waals surface area contributed by atoms with Gasteiger partial charge in [0, 0.05) is 11.3 Å². The zero-order valence-corrected chi connectivity index (χ0v) is 8.64. The summed E-state index contributed by atoms with van der Waals surface area (Å²) in [4.78, 5) is 27.4. The Labute approximate surface area is 82.4 Å². The summed E-state index contributed by atoms with van der Waals surface area (Å²) in [6.07, 6.45) is 3.32. The fraction of sp³-hybridized carbons (Fsp3) is 0.600. The first kappa shape index (κ1) is 10.8. The van der Waals surface area contributed by atoms with Gasteiger partial charge in [-0.05, 0) is 12.8 Å². The molecule has 0 aliphatic heterocycles. The van der Waals surface area contributed by atoms with Crippen molar-refractivity contribution in [3.63, 3.8) is 0 Å². The van der Waals surface area contributed by atoms with Crippen LogP contribution in [0.5, 0.6) is 0 Å². The molecule has 0 aliphatic rings. The number of rotatable bonds is 4. The molecule has 1 rings (SSSR count). The third kappa shape index (κ3) is 2.34. The molecule has 4 heteroatoms. The van der Waals surface area contributed by atoms with Crippen molar-refractivity contribution in [2.24, 2.45) is 0 Å². The lowest BCUT2D eigenvalue weighted by Crippen LogP contribution is -2.28. The molecule has 0 aliphatic carbocycles. The van der Waals surface area contributed by atoms with E-state index in [1.165, 1.54) is 0 Å².